The molecule has 3 nitrogen and oxygen atoms in total. The maximum Gasteiger partial charge on any atom is 0.251 e. The Balaban J connectivity index is 1.78. The van der Waals surface area contributed by atoms with E-state index >= 15 is 0 Å². The number of nitrogens with zero attached hydrogens (tertiary/aromatic N) is 1. The van der Waals surface area contributed by atoms with Crippen molar-refractivity contribution in [3.8, 4) is 0 Å². The average molecular weight is 274 g/mol. The van der Waals surface area contributed by atoms with Crippen molar-refractivity contribution < 1.29 is 4.79 Å². The summed E-state index contributed by atoms with van der Waals surface area (Å²) in [6.45, 7) is 6.75. The van der Waals surface area contributed by atoms with E-state index in [9.17, 15) is 4.79 Å². The Kier molecular flexibility index (Phi) is 5.60. The average Bonchev–Trinajstić information content (AvgIpc) is 2.49. The van der Waals surface area contributed by atoms with E-state index in [-0.39, 0.29) is 5.91 Å². The normalized spacial score (nSPS) is 18.7. The van der Waals surface area contributed by atoms with E-state index in [4.69, 9.17) is 0 Å². The van der Waals surface area contributed by atoms with Gasteiger partial charge in [-0.05, 0) is 38.3 Å². The van der Waals surface area contributed by atoms with Crippen LogP contribution in [0.3, 0.4) is 0 Å². The smallest absolute Gasteiger partial charge is 0.251 e. The molecular weight excluding hydrogens is 248 g/mol. The van der Waals surface area contributed by atoms with Gasteiger partial charge in [0.25, 0.3) is 5.91 Å². The summed E-state index contributed by atoms with van der Waals surface area (Å²) in [5.41, 5.74) is 0.759. The molecular formula is C17H26N2O. The molecule has 110 valence electrons. The fourth-order valence-electron chi connectivity index (χ4n) is 2.94. The summed E-state index contributed by atoms with van der Waals surface area (Å²) in [7, 11) is 0. The highest BCUT2D eigenvalue weighted by Crippen LogP contribution is 2.16. The molecule has 0 radical (unpaired) electrons. The number of likely N-dealkylation sites (tertiary alicyclic amines) is 1. The summed E-state index contributed by atoms with van der Waals surface area (Å²) in [4.78, 5) is 14.7. The molecule has 1 amide bonds. The van der Waals surface area contributed by atoms with Crippen LogP contribution >= 0.6 is 0 Å². The second-order valence-electron chi connectivity index (χ2n) is 5.79. The third-order valence-corrected chi connectivity index (χ3v) is 4.23. The van der Waals surface area contributed by atoms with Crippen molar-refractivity contribution in [3.05, 3.63) is 35.9 Å². The highest BCUT2D eigenvalue weighted by Gasteiger charge is 2.23. The minimum absolute atomic E-state index is 0.0608. The van der Waals surface area contributed by atoms with Gasteiger partial charge in [-0.1, -0.05) is 31.5 Å². The van der Waals surface area contributed by atoms with Crippen molar-refractivity contribution in [3.63, 3.8) is 0 Å². The molecule has 0 bridgehead atoms. The molecule has 1 heterocycles. The molecule has 1 aliphatic rings. The second kappa shape index (κ2) is 7.44. The standard InChI is InChI=1S/C17H26N2O/c1-3-7-14(2)19-12-10-16(11-13-19)18-17(20)15-8-5-4-6-9-15/h4-6,8-9,14,16H,3,7,10-13H2,1-2H3,(H,18,20)/t14-/m1/s1. The van der Waals surface area contributed by atoms with Gasteiger partial charge in [0.1, 0.15) is 0 Å². The lowest BCUT2D eigenvalue weighted by molar-refractivity contribution is 0.0893. The van der Waals surface area contributed by atoms with Gasteiger partial charge in [0.2, 0.25) is 0 Å². The van der Waals surface area contributed by atoms with Gasteiger partial charge in [-0.25, -0.2) is 0 Å². The lowest BCUT2D eigenvalue weighted by Gasteiger charge is -2.36. The maximum atomic E-state index is 12.1. The van der Waals surface area contributed by atoms with E-state index in [0.29, 0.717) is 12.1 Å². The summed E-state index contributed by atoms with van der Waals surface area (Å²) in [5, 5.41) is 3.16. The van der Waals surface area contributed by atoms with Crippen LogP contribution in [-0.2, 0) is 0 Å². The first-order valence-electron chi connectivity index (χ1n) is 7.80. The fraction of sp³-hybridized carbons (Fsp3) is 0.588. The molecule has 2 rings (SSSR count). The third-order valence-electron chi connectivity index (χ3n) is 4.23. The largest absolute Gasteiger partial charge is 0.349 e. The number of amides is 1. The molecule has 1 aliphatic heterocycles. The summed E-state index contributed by atoms with van der Waals surface area (Å²) < 4.78 is 0. The number of carbonyl (C=O) groups is 1. The van der Waals surface area contributed by atoms with Gasteiger partial charge in [0.15, 0.2) is 0 Å². The Morgan fingerprint density at radius 2 is 1.95 bits per heavy atom. The van der Waals surface area contributed by atoms with Gasteiger partial charge in [0, 0.05) is 30.7 Å². The Hall–Kier alpha value is -1.35. The molecule has 0 aliphatic carbocycles. The van der Waals surface area contributed by atoms with E-state index in [1.54, 1.807) is 0 Å². The Labute approximate surface area is 122 Å². The molecule has 1 aromatic rings. The number of hydrogen-bond acceptors (Lipinski definition) is 2. The number of carbonyl (C=O) groups excluding carboxylic acids is 1. The van der Waals surface area contributed by atoms with Gasteiger partial charge < -0.3 is 10.2 Å². The van der Waals surface area contributed by atoms with Crippen LogP contribution in [0, 0.1) is 0 Å². The van der Waals surface area contributed by atoms with Crippen molar-refractivity contribution in [1.82, 2.24) is 10.2 Å². The first kappa shape index (κ1) is 15.0. The molecule has 3 heteroatoms. The number of rotatable bonds is 5. The molecule has 1 saturated heterocycles. The molecule has 1 atom stereocenters. The quantitative estimate of drug-likeness (QED) is 0.895. The van der Waals surface area contributed by atoms with E-state index < -0.39 is 0 Å². The third kappa shape index (κ3) is 4.07. The van der Waals surface area contributed by atoms with E-state index in [1.807, 2.05) is 30.3 Å². The van der Waals surface area contributed by atoms with Gasteiger partial charge >= 0.3 is 0 Å². The zero-order chi connectivity index (χ0) is 14.4. The van der Waals surface area contributed by atoms with Crippen LogP contribution in [0.25, 0.3) is 0 Å². The highest BCUT2D eigenvalue weighted by atomic mass is 16.1. The van der Waals surface area contributed by atoms with Crippen LogP contribution in [-0.4, -0.2) is 36.0 Å². The van der Waals surface area contributed by atoms with Crippen molar-refractivity contribution >= 4 is 5.91 Å². The molecule has 1 fully saturated rings. The Morgan fingerprint density at radius 3 is 2.55 bits per heavy atom. The zero-order valence-corrected chi connectivity index (χ0v) is 12.6. The van der Waals surface area contributed by atoms with Crippen LogP contribution in [0.15, 0.2) is 30.3 Å². The van der Waals surface area contributed by atoms with Crippen LogP contribution in [0.5, 0.6) is 0 Å². The lowest BCUT2D eigenvalue weighted by atomic mass is 10.0. The molecule has 0 spiro atoms. The predicted molar refractivity (Wildman–Crippen MR) is 82.9 cm³/mol. The lowest BCUT2D eigenvalue weighted by Crippen LogP contribution is -2.47. The summed E-state index contributed by atoms with van der Waals surface area (Å²) in [6.07, 6.45) is 4.63. The molecule has 1 aromatic carbocycles. The maximum absolute atomic E-state index is 12.1. The topological polar surface area (TPSA) is 32.3 Å². The minimum Gasteiger partial charge on any atom is -0.349 e. The van der Waals surface area contributed by atoms with Crippen molar-refractivity contribution in [1.29, 1.82) is 0 Å². The van der Waals surface area contributed by atoms with Crippen LogP contribution in [0.2, 0.25) is 0 Å². The van der Waals surface area contributed by atoms with E-state index in [0.717, 1.165) is 31.5 Å². The van der Waals surface area contributed by atoms with Gasteiger partial charge in [-0.15, -0.1) is 0 Å². The molecule has 0 saturated carbocycles. The van der Waals surface area contributed by atoms with Crippen LogP contribution in [0.4, 0.5) is 0 Å². The second-order valence-corrected chi connectivity index (χ2v) is 5.79. The summed E-state index contributed by atoms with van der Waals surface area (Å²) in [6, 6.07) is 10.5. The fourth-order valence-corrected chi connectivity index (χ4v) is 2.94. The summed E-state index contributed by atoms with van der Waals surface area (Å²) in [5.74, 6) is 0.0608. The first-order chi connectivity index (χ1) is 9.70. The Morgan fingerprint density at radius 1 is 1.30 bits per heavy atom. The van der Waals surface area contributed by atoms with Gasteiger partial charge in [0.05, 0.1) is 0 Å². The van der Waals surface area contributed by atoms with Gasteiger partial charge in [-0.2, -0.15) is 0 Å². The highest BCUT2D eigenvalue weighted by molar-refractivity contribution is 5.94. The minimum atomic E-state index is 0.0608. The number of piperidine rings is 1. The SMILES string of the molecule is CCC[C@@H](C)N1CCC(NC(=O)c2ccccc2)CC1. The molecule has 20 heavy (non-hydrogen) atoms. The number of nitrogens with one attached hydrogen (secondary N) is 1. The summed E-state index contributed by atoms with van der Waals surface area (Å²) >= 11 is 0. The molecule has 1 N–H and O–H groups in total. The van der Waals surface area contributed by atoms with Crippen molar-refractivity contribution in [2.75, 3.05) is 13.1 Å². The van der Waals surface area contributed by atoms with Crippen molar-refractivity contribution in [2.45, 2.75) is 51.6 Å². The van der Waals surface area contributed by atoms with E-state index in [1.165, 1.54) is 12.8 Å². The first-order valence-corrected chi connectivity index (χ1v) is 7.80. The van der Waals surface area contributed by atoms with Crippen molar-refractivity contribution in [2.24, 2.45) is 0 Å². The Bertz CT molecular complexity index is 410. The van der Waals surface area contributed by atoms with Crippen LogP contribution in [0.1, 0.15) is 49.9 Å². The number of benzene rings is 1. The van der Waals surface area contributed by atoms with Gasteiger partial charge in [-0.3, -0.25) is 4.79 Å². The number of hydrogen-bond donors (Lipinski definition) is 1. The molecule has 0 aromatic heterocycles. The molecule has 0 unspecified atom stereocenters. The predicted octanol–water partition coefficient (Wildman–Crippen LogP) is 3.07. The van der Waals surface area contributed by atoms with E-state index in [2.05, 4.69) is 24.1 Å². The van der Waals surface area contributed by atoms with Crippen LogP contribution < -0.4 is 5.32 Å². The monoisotopic (exact) mass is 274 g/mol. The zero-order valence-electron chi connectivity index (χ0n) is 12.6.